The number of likely N-dealkylation sites (tertiary alicyclic amines) is 1. The monoisotopic (exact) mass is 303 g/mol. The Balaban J connectivity index is 2.13. The lowest BCUT2D eigenvalue weighted by molar-refractivity contribution is -0.142. The summed E-state index contributed by atoms with van der Waals surface area (Å²) in [5, 5.41) is 19.7. The SMILES string of the molecule is CC1CN(Cc2cc(Cl)cc(Cl)c2O)CC1C(=O)O. The van der Waals surface area contributed by atoms with E-state index in [9.17, 15) is 9.90 Å². The molecule has 19 heavy (non-hydrogen) atoms. The van der Waals surface area contributed by atoms with Gasteiger partial charge < -0.3 is 10.2 Å². The van der Waals surface area contributed by atoms with Gasteiger partial charge in [-0.05, 0) is 18.1 Å². The van der Waals surface area contributed by atoms with Gasteiger partial charge >= 0.3 is 5.97 Å². The second-order valence-electron chi connectivity index (χ2n) is 5.01. The van der Waals surface area contributed by atoms with Crippen molar-refractivity contribution in [2.75, 3.05) is 13.1 Å². The third-order valence-electron chi connectivity index (χ3n) is 3.51. The molecule has 0 spiro atoms. The van der Waals surface area contributed by atoms with Gasteiger partial charge in [0.1, 0.15) is 5.75 Å². The molecule has 0 radical (unpaired) electrons. The molecule has 0 aliphatic carbocycles. The fraction of sp³-hybridized carbons (Fsp3) is 0.462. The van der Waals surface area contributed by atoms with Crippen LogP contribution in [0.2, 0.25) is 10.0 Å². The van der Waals surface area contributed by atoms with Crippen LogP contribution in [0.15, 0.2) is 12.1 Å². The zero-order chi connectivity index (χ0) is 14.2. The van der Waals surface area contributed by atoms with Crippen molar-refractivity contribution in [3.8, 4) is 5.75 Å². The zero-order valence-corrected chi connectivity index (χ0v) is 11.9. The van der Waals surface area contributed by atoms with Crippen molar-refractivity contribution in [1.82, 2.24) is 4.90 Å². The Bertz CT molecular complexity index is 507. The van der Waals surface area contributed by atoms with Crippen molar-refractivity contribution in [3.05, 3.63) is 27.7 Å². The first-order valence-electron chi connectivity index (χ1n) is 6.00. The van der Waals surface area contributed by atoms with Crippen LogP contribution >= 0.6 is 23.2 Å². The highest BCUT2D eigenvalue weighted by Crippen LogP contribution is 2.33. The topological polar surface area (TPSA) is 60.8 Å². The second-order valence-corrected chi connectivity index (χ2v) is 5.86. The molecule has 0 amide bonds. The molecule has 1 aromatic rings. The number of hydrogen-bond donors (Lipinski definition) is 2. The molecular formula is C13H15Cl2NO3. The number of nitrogens with zero attached hydrogens (tertiary/aromatic N) is 1. The number of rotatable bonds is 3. The average Bonchev–Trinajstić information content (AvgIpc) is 2.66. The van der Waals surface area contributed by atoms with E-state index in [0.29, 0.717) is 30.2 Å². The van der Waals surface area contributed by atoms with Crippen LogP contribution in [0.4, 0.5) is 0 Å². The molecule has 1 aliphatic rings. The summed E-state index contributed by atoms with van der Waals surface area (Å²) in [6, 6.07) is 3.14. The number of phenolic OH excluding ortho intramolecular Hbond substituents is 1. The maximum Gasteiger partial charge on any atom is 0.308 e. The summed E-state index contributed by atoms with van der Waals surface area (Å²) in [4.78, 5) is 13.1. The number of halogens is 2. The van der Waals surface area contributed by atoms with E-state index in [-0.39, 0.29) is 22.6 Å². The smallest absolute Gasteiger partial charge is 0.308 e. The van der Waals surface area contributed by atoms with E-state index in [0.717, 1.165) is 0 Å². The van der Waals surface area contributed by atoms with Crippen LogP contribution in [0.3, 0.4) is 0 Å². The predicted molar refractivity (Wildman–Crippen MR) is 73.7 cm³/mol. The summed E-state index contributed by atoms with van der Waals surface area (Å²) in [5.41, 5.74) is 0.621. The largest absolute Gasteiger partial charge is 0.506 e. The number of carboxylic acids is 1. The quantitative estimate of drug-likeness (QED) is 0.901. The van der Waals surface area contributed by atoms with Gasteiger partial charge in [-0.1, -0.05) is 30.1 Å². The number of carboxylic acid groups (broad SMARTS) is 1. The highest BCUT2D eigenvalue weighted by molar-refractivity contribution is 6.35. The first-order valence-corrected chi connectivity index (χ1v) is 6.76. The molecule has 1 fully saturated rings. The second kappa shape index (κ2) is 5.57. The van der Waals surface area contributed by atoms with E-state index in [1.807, 2.05) is 11.8 Å². The number of aliphatic carboxylic acids is 1. The Kier molecular flexibility index (Phi) is 4.23. The van der Waals surface area contributed by atoms with Gasteiger partial charge in [0, 0.05) is 30.2 Å². The van der Waals surface area contributed by atoms with Crippen molar-refractivity contribution >= 4 is 29.2 Å². The molecule has 2 N–H and O–H groups in total. The van der Waals surface area contributed by atoms with Crippen LogP contribution in [0.25, 0.3) is 0 Å². The molecule has 1 saturated heterocycles. The Morgan fingerprint density at radius 2 is 2.11 bits per heavy atom. The van der Waals surface area contributed by atoms with Crippen LogP contribution in [-0.4, -0.2) is 34.2 Å². The Morgan fingerprint density at radius 1 is 1.42 bits per heavy atom. The van der Waals surface area contributed by atoms with Crippen molar-refractivity contribution in [1.29, 1.82) is 0 Å². The third kappa shape index (κ3) is 3.14. The third-order valence-corrected chi connectivity index (χ3v) is 4.01. The minimum absolute atomic E-state index is 0.0116. The van der Waals surface area contributed by atoms with Crippen LogP contribution in [0, 0.1) is 11.8 Å². The Morgan fingerprint density at radius 3 is 2.68 bits per heavy atom. The van der Waals surface area contributed by atoms with E-state index in [2.05, 4.69) is 0 Å². The summed E-state index contributed by atoms with van der Waals surface area (Å²) >= 11 is 11.8. The number of aromatic hydroxyl groups is 1. The van der Waals surface area contributed by atoms with E-state index in [1.165, 1.54) is 6.07 Å². The maximum atomic E-state index is 11.1. The van der Waals surface area contributed by atoms with Gasteiger partial charge in [-0.25, -0.2) is 0 Å². The summed E-state index contributed by atoms with van der Waals surface area (Å²) in [6.45, 7) is 3.52. The van der Waals surface area contributed by atoms with Crippen LogP contribution in [0.5, 0.6) is 5.75 Å². The van der Waals surface area contributed by atoms with Crippen molar-refractivity contribution < 1.29 is 15.0 Å². The molecule has 104 valence electrons. The molecular weight excluding hydrogens is 289 g/mol. The molecule has 0 saturated carbocycles. The fourth-order valence-corrected chi connectivity index (χ4v) is 3.03. The molecule has 0 bridgehead atoms. The summed E-state index contributed by atoms with van der Waals surface area (Å²) in [7, 11) is 0. The minimum Gasteiger partial charge on any atom is -0.506 e. The summed E-state index contributed by atoms with van der Waals surface area (Å²) in [6.07, 6.45) is 0. The van der Waals surface area contributed by atoms with Gasteiger partial charge in [0.05, 0.1) is 10.9 Å². The number of phenols is 1. The van der Waals surface area contributed by atoms with Gasteiger partial charge in [0.25, 0.3) is 0 Å². The lowest BCUT2D eigenvalue weighted by atomic mass is 9.99. The Labute approximate surface area is 121 Å². The van der Waals surface area contributed by atoms with E-state index < -0.39 is 5.97 Å². The van der Waals surface area contributed by atoms with Gasteiger partial charge in [0.2, 0.25) is 0 Å². The molecule has 1 heterocycles. The molecule has 2 unspecified atom stereocenters. The summed E-state index contributed by atoms with van der Waals surface area (Å²) < 4.78 is 0. The van der Waals surface area contributed by atoms with Crippen LogP contribution < -0.4 is 0 Å². The van der Waals surface area contributed by atoms with Crippen LogP contribution in [0.1, 0.15) is 12.5 Å². The molecule has 1 aliphatic heterocycles. The molecule has 2 atom stereocenters. The van der Waals surface area contributed by atoms with E-state index in [1.54, 1.807) is 6.07 Å². The fourth-order valence-electron chi connectivity index (χ4n) is 2.50. The molecule has 6 heteroatoms. The number of carbonyl (C=O) groups is 1. The first-order chi connectivity index (χ1) is 8.88. The molecule has 4 nitrogen and oxygen atoms in total. The van der Waals surface area contributed by atoms with Crippen LogP contribution in [-0.2, 0) is 11.3 Å². The Hall–Kier alpha value is -0.970. The van der Waals surface area contributed by atoms with E-state index in [4.69, 9.17) is 28.3 Å². The van der Waals surface area contributed by atoms with Crippen molar-refractivity contribution in [2.24, 2.45) is 11.8 Å². The van der Waals surface area contributed by atoms with Gasteiger partial charge in [-0.15, -0.1) is 0 Å². The highest BCUT2D eigenvalue weighted by atomic mass is 35.5. The highest BCUT2D eigenvalue weighted by Gasteiger charge is 2.34. The van der Waals surface area contributed by atoms with Crippen molar-refractivity contribution in [2.45, 2.75) is 13.5 Å². The zero-order valence-electron chi connectivity index (χ0n) is 10.4. The standard InChI is InChI=1S/C13H15Cl2NO3/c1-7-4-16(6-10(7)13(18)19)5-8-2-9(14)3-11(15)12(8)17/h2-3,7,10,17H,4-6H2,1H3,(H,18,19). The number of benzene rings is 1. The lowest BCUT2D eigenvalue weighted by Gasteiger charge is -2.17. The maximum absolute atomic E-state index is 11.1. The van der Waals surface area contributed by atoms with Gasteiger partial charge in [0.15, 0.2) is 0 Å². The normalized spacial score (nSPS) is 23.7. The predicted octanol–water partition coefficient (Wildman–Crippen LogP) is 2.85. The molecule has 1 aromatic carbocycles. The minimum atomic E-state index is -0.775. The van der Waals surface area contributed by atoms with Gasteiger partial charge in [-0.2, -0.15) is 0 Å². The molecule has 2 rings (SSSR count). The summed E-state index contributed by atoms with van der Waals surface area (Å²) in [5.74, 6) is -1.04. The average molecular weight is 304 g/mol. The van der Waals surface area contributed by atoms with Crippen molar-refractivity contribution in [3.63, 3.8) is 0 Å². The van der Waals surface area contributed by atoms with Gasteiger partial charge in [-0.3, -0.25) is 9.69 Å². The molecule has 0 aromatic heterocycles. The lowest BCUT2D eigenvalue weighted by Crippen LogP contribution is -2.23. The first kappa shape index (κ1) is 14.4. The van der Waals surface area contributed by atoms with E-state index >= 15 is 0 Å². The number of hydrogen-bond acceptors (Lipinski definition) is 3.